The quantitative estimate of drug-likeness (QED) is 0.304. The molecule has 5 rings (SSSR count). The minimum absolute atomic E-state index is 0. The number of fused-ring (bicyclic) bond motifs is 3. The summed E-state index contributed by atoms with van der Waals surface area (Å²) in [7, 11) is 3.27. The molecule has 0 saturated carbocycles. The molecule has 2 aromatic heterocycles. The molecule has 7 nitrogen and oxygen atoms in total. The molecule has 1 aliphatic rings. The van der Waals surface area contributed by atoms with Crippen LogP contribution in [0.5, 0.6) is 5.75 Å². The molecular formula is C28H30ClN3O4S. The summed E-state index contributed by atoms with van der Waals surface area (Å²) >= 11 is 1.28. The van der Waals surface area contributed by atoms with Crippen LogP contribution in [-0.4, -0.2) is 66.4 Å². The first-order chi connectivity index (χ1) is 17.5. The molecule has 1 amide bonds. The largest absolute Gasteiger partial charge is 0.494 e. The van der Waals surface area contributed by atoms with Crippen molar-refractivity contribution in [2.75, 3.05) is 40.3 Å². The van der Waals surface area contributed by atoms with Crippen LogP contribution in [0.3, 0.4) is 0 Å². The number of aromatic nitrogens is 1. The van der Waals surface area contributed by atoms with E-state index >= 15 is 0 Å². The molecular weight excluding hydrogens is 510 g/mol. The molecule has 0 bridgehead atoms. The van der Waals surface area contributed by atoms with Gasteiger partial charge in [-0.25, -0.2) is 0 Å². The number of thiophene rings is 1. The third-order valence-electron chi connectivity index (χ3n) is 6.86. The number of hydrogen-bond acceptors (Lipinski definition) is 6. The van der Waals surface area contributed by atoms with Crippen molar-refractivity contribution < 1.29 is 14.3 Å². The van der Waals surface area contributed by atoms with E-state index in [4.69, 9.17) is 4.74 Å². The van der Waals surface area contributed by atoms with E-state index in [-0.39, 0.29) is 42.0 Å². The summed E-state index contributed by atoms with van der Waals surface area (Å²) in [4.78, 5) is 44.8. The Morgan fingerprint density at radius 1 is 1.03 bits per heavy atom. The highest BCUT2D eigenvalue weighted by Gasteiger charge is 2.27. The minimum atomic E-state index is -0.333. The summed E-state index contributed by atoms with van der Waals surface area (Å²) in [5, 5.41) is 1.16. The number of likely N-dealkylation sites (N-methyl/N-ethyl adjacent to an activating group) is 1. The number of methoxy groups -OCH3 is 1. The number of halogens is 1. The number of pyridine rings is 1. The number of likely N-dealkylation sites (tertiary alicyclic amines) is 1. The van der Waals surface area contributed by atoms with E-state index in [0.29, 0.717) is 32.6 Å². The highest BCUT2D eigenvalue weighted by molar-refractivity contribution is 7.22. The van der Waals surface area contributed by atoms with Gasteiger partial charge >= 0.3 is 0 Å². The standard InChI is InChI=1S/C28H29N3O4S.ClH/c1-29(16-17-30-14-8-9-15-30)28(34)26-24(35-2)23-25(36-26)20-12-6-7-13-21(20)31(27(23)33)18-22(32)19-10-4-3-5-11-19;/h3-7,10-13H,8-9,14-18H2,1-2H3;1H. The highest BCUT2D eigenvalue weighted by atomic mass is 35.5. The lowest BCUT2D eigenvalue weighted by Crippen LogP contribution is -2.35. The van der Waals surface area contributed by atoms with E-state index in [9.17, 15) is 14.4 Å². The van der Waals surface area contributed by atoms with Crippen LogP contribution in [0.2, 0.25) is 0 Å². The molecule has 1 saturated heterocycles. The number of amides is 1. The first-order valence-electron chi connectivity index (χ1n) is 12.2. The zero-order valence-corrected chi connectivity index (χ0v) is 22.6. The van der Waals surface area contributed by atoms with Gasteiger partial charge in [0.2, 0.25) is 0 Å². The number of hydrogen-bond donors (Lipinski definition) is 0. The third kappa shape index (κ3) is 5.14. The van der Waals surface area contributed by atoms with Crippen LogP contribution in [0.25, 0.3) is 21.0 Å². The lowest BCUT2D eigenvalue weighted by molar-refractivity contribution is 0.0784. The zero-order valence-electron chi connectivity index (χ0n) is 20.9. The normalized spacial score (nSPS) is 13.6. The van der Waals surface area contributed by atoms with E-state index in [0.717, 1.165) is 25.0 Å². The maximum absolute atomic E-state index is 13.8. The fourth-order valence-electron chi connectivity index (χ4n) is 4.87. The second-order valence-electron chi connectivity index (χ2n) is 9.14. The first kappa shape index (κ1) is 26.9. The molecule has 3 heterocycles. The molecule has 9 heteroatoms. The summed E-state index contributed by atoms with van der Waals surface area (Å²) in [6, 6.07) is 16.4. The molecule has 1 aliphatic heterocycles. The van der Waals surface area contributed by atoms with Crippen LogP contribution in [0.4, 0.5) is 0 Å². The summed E-state index contributed by atoms with van der Waals surface area (Å²) in [6.07, 6.45) is 2.40. The minimum Gasteiger partial charge on any atom is -0.494 e. The van der Waals surface area contributed by atoms with Gasteiger partial charge < -0.3 is 14.5 Å². The third-order valence-corrected chi connectivity index (χ3v) is 8.05. The van der Waals surface area contributed by atoms with Gasteiger partial charge in [0.25, 0.3) is 11.5 Å². The lowest BCUT2D eigenvalue weighted by atomic mass is 10.1. The van der Waals surface area contributed by atoms with Gasteiger partial charge in [0, 0.05) is 31.1 Å². The number of Topliss-reactive ketones (excluding diaryl/α,β-unsaturated/α-hetero) is 1. The average Bonchev–Trinajstić information content (AvgIpc) is 3.57. The SMILES string of the molecule is COc1c(C(=O)N(C)CCN2CCCC2)sc2c1c(=O)n(CC(=O)c1ccccc1)c1ccccc21.Cl. The maximum Gasteiger partial charge on any atom is 0.267 e. The molecule has 0 spiro atoms. The molecule has 0 aliphatic carbocycles. The van der Waals surface area contributed by atoms with Crippen LogP contribution in [0, 0.1) is 0 Å². The molecule has 0 atom stereocenters. The van der Waals surface area contributed by atoms with E-state index < -0.39 is 0 Å². The van der Waals surface area contributed by atoms with E-state index in [1.807, 2.05) is 30.3 Å². The Balaban J connectivity index is 0.00000320. The van der Waals surface area contributed by atoms with Crippen molar-refractivity contribution in [3.05, 3.63) is 75.4 Å². The topological polar surface area (TPSA) is 71.8 Å². The highest BCUT2D eigenvalue weighted by Crippen LogP contribution is 2.40. The van der Waals surface area contributed by atoms with Crippen molar-refractivity contribution in [2.45, 2.75) is 19.4 Å². The fourth-order valence-corrected chi connectivity index (χ4v) is 6.16. The van der Waals surface area contributed by atoms with E-state index in [1.165, 1.54) is 35.9 Å². The molecule has 194 valence electrons. The molecule has 37 heavy (non-hydrogen) atoms. The summed E-state index contributed by atoms with van der Waals surface area (Å²) in [5.41, 5.74) is 0.866. The maximum atomic E-state index is 13.8. The fraction of sp³-hybridized carbons (Fsp3) is 0.321. The van der Waals surface area contributed by atoms with Crippen LogP contribution in [-0.2, 0) is 6.54 Å². The summed E-state index contributed by atoms with van der Waals surface area (Å²) < 4.78 is 7.87. The monoisotopic (exact) mass is 539 g/mol. The molecule has 0 N–H and O–H groups in total. The number of ether oxygens (including phenoxy) is 1. The number of para-hydroxylation sites is 1. The van der Waals surface area contributed by atoms with Gasteiger partial charge in [0.1, 0.15) is 10.3 Å². The van der Waals surface area contributed by atoms with Gasteiger partial charge in [0.15, 0.2) is 11.5 Å². The van der Waals surface area contributed by atoms with Crippen molar-refractivity contribution in [3.63, 3.8) is 0 Å². The van der Waals surface area contributed by atoms with Gasteiger partial charge in [-0.05, 0) is 32.0 Å². The number of carbonyl (C=O) groups excluding carboxylic acids is 2. The predicted octanol–water partition coefficient (Wildman–Crippen LogP) is 4.70. The Kier molecular flexibility index (Phi) is 8.32. The Hall–Kier alpha value is -3.20. The summed E-state index contributed by atoms with van der Waals surface area (Å²) in [5.74, 6) is -0.0401. The van der Waals surface area contributed by atoms with Gasteiger partial charge in [-0.2, -0.15) is 0 Å². The van der Waals surface area contributed by atoms with Crippen LogP contribution in [0.1, 0.15) is 32.9 Å². The second-order valence-corrected chi connectivity index (χ2v) is 10.2. The van der Waals surface area contributed by atoms with Crippen LogP contribution in [0.15, 0.2) is 59.4 Å². The van der Waals surface area contributed by atoms with Crippen molar-refractivity contribution in [2.24, 2.45) is 0 Å². The Morgan fingerprint density at radius 2 is 1.70 bits per heavy atom. The molecule has 1 fully saturated rings. The lowest BCUT2D eigenvalue weighted by Gasteiger charge is -2.21. The number of carbonyl (C=O) groups is 2. The van der Waals surface area contributed by atoms with Crippen molar-refractivity contribution in [1.82, 2.24) is 14.4 Å². The average molecular weight is 540 g/mol. The van der Waals surface area contributed by atoms with Crippen molar-refractivity contribution >= 4 is 56.4 Å². The molecule has 2 aromatic carbocycles. The van der Waals surface area contributed by atoms with E-state index in [1.54, 1.807) is 36.2 Å². The Morgan fingerprint density at radius 3 is 2.41 bits per heavy atom. The van der Waals surface area contributed by atoms with Crippen molar-refractivity contribution in [3.8, 4) is 5.75 Å². The number of ketones is 1. The van der Waals surface area contributed by atoms with Crippen LogP contribution >= 0.6 is 23.7 Å². The molecule has 0 unspecified atom stereocenters. The number of rotatable bonds is 8. The van der Waals surface area contributed by atoms with E-state index in [2.05, 4.69) is 4.90 Å². The Bertz CT molecular complexity index is 1490. The molecule has 0 radical (unpaired) electrons. The number of benzene rings is 2. The van der Waals surface area contributed by atoms with Gasteiger partial charge in [0.05, 0.1) is 23.9 Å². The van der Waals surface area contributed by atoms with Gasteiger partial charge in [-0.1, -0.05) is 48.5 Å². The van der Waals surface area contributed by atoms with Gasteiger partial charge in [-0.15, -0.1) is 23.7 Å². The Labute approximate surface area is 225 Å². The van der Waals surface area contributed by atoms with Crippen LogP contribution < -0.4 is 10.3 Å². The first-order valence-corrected chi connectivity index (χ1v) is 13.0. The smallest absolute Gasteiger partial charge is 0.267 e. The van der Waals surface area contributed by atoms with Crippen molar-refractivity contribution in [1.29, 1.82) is 0 Å². The number of nitrogens with zero attached hydrogens (tertiary/aromatic N) is 3. The molecule has 4 aromatic rings. The summed E-state index contributed by atoms with van der Waals surface area (Å²) in [6.45, 7) is 3.47. The second kappa shape index (κ2) is 11.5. The van der Waals surface area contributed by atoms with Gasteiger partial charge in [-0.3, -0.25) is 19.0 Å². The zero-order chi connectivity index (χ0) is 25.2. The predicted molar refractivity (Wildman–Crippen MR) is 151 cm³/mol.